The molecule has 0 aromatic rings. The fourth-order valence-electron chi connectivity index (χ4n) is 0.589. The van der Waals surface area contributed by atoms with Crippen molar-refractivity contribution >= 4 is 8.58 Å². The zero-order valence-electron chi connectivity index (χ0n) is 4.36. The van der Waals surface area contributed by atoms with Crippen molar-refractivity contribution in [2.45, 2.75) is 19.5 Å². The van der Waals surface area contributed by atoms with E-state index in [4.69, 9.17) is 0 Å². The largest absolute Gasteiger partial charge is 0.119 e. The van der Waals surface area contributed by atoms with Crippen molar-refractivity contribution < 1.29 is 0 Å². The molecule has 3 atom stereocenters. The predicted octanol–water partition coefficient (Wildman–Crippen LogP) is 1.70. The molecule has 0 nitrogen and oxygen atoms in total. The van der Waals surface area contributed by atoms with E-state index in [9.17, 15) is 0 Å². The van der Waals surface area contributed by atoms with Crippen LogP contribution in [-0.2, 0) is 0 Å². The van der Waals surface area contributed by atoms with Crippen LogP contribution in [0.1, 0.15) is 13.8 Å². The number of hydrogen-bond acceptors (Lipinski definition) is 0. The molecule has 0 amide bonds. The van der Waals surface area contributed by atoms with Crippen LogP contribution in [0.15, 0.2) is 0 Å². The Kier molecular flexibility index (Phi) is 1.15. The molecule has 1 saturated heterocycles. The monoisotopic (exact) mass is 102 g/mol. The average molecular weight is 102 g/mol. The first kappa shape index (κ1) is 4.59. The van der Waals surface area contributed by atoms with Crippen molar-refractivity contribution in [3.63, 3.8) is 0 Å². The van der Waals surface area contributed by atoms with Gasteiger partial charge >= 0.3 is 0 Å². The molecule has 0 spiro atoms. The van der Waals surface area contributed by atoms with Crippen LogP contribution in [0.3, 0.4) is 0 Å². The third kappa shape index (κ3) is 0.586. The summed E-state index contributed by atoms with van der Waals surface area (Å²) in [6.07, 6.45) is 1.50. The molecule has 0 aromatic heterocycles. The third-order valence-corrected chi connectivity index (χ3v) is 3.71. The van der Waals surface area contributed by atoms with Gasteiger partial charge in [0.05, 0.1) is 0 Å². The topological polar surface area (TPSA) is 0 Å². The maximum atomic E-state index is 2.34. The second-order valence-corrected chi connectivity index (χ2v) is 3.90. The minimum atomic E-state index is 1.04. The van der Waals surface area contributed by atoms with Crippen LogP contribution >= 0.6 is 8.58 Å². The van der Waals surface area contributed by atoms with Gasteiger partial charge in [0.25, 0.3) is 0 Å². The Labute approximate surface area is 41.1 Å². The van der Waals surface area contributed by atoms with E-state index in [0.717, 1.165) is 11.6 Å². The Hall–Kier alpha value is 0.430. The van der Waals surface area contributed by atoms with Crippen molar-refractivity contribution in [2.75, 3.05) is 6.16 Å². The van der Waals surface area contributed by atoms with Crippen LogP contribution in [-0.4, -0.2) is 11.8 Å². The summed E-state index contributed by atoms with van der Waals surface area (Å²) < 4.78 is 0. The SMILES string of the molecule is CC1CP[C@H]1C. The van der Waals surface area contributed by atoms with E-state index in [0.29, 0.717) is 0 Å². The van der Waals surface area contributed by atoms with Gasteiger partial charge in [-0.3, -0.25) is 0 Å². The highest BCUT2D eigenvalue weighted by molar-refractivity contribution is 7.40. The summed E-state index contributed by atoms with van der Waals surface area (Å²) in [6.45, 7) is 4.67. The summed E-state index contributed by atoms with van der Waals surface area (Å²) in [4.78, 5) is 0. The van der Waals surface area contributed by atoms with Gasteiger partial charge in [0.15, 0.2) is 0 Å². The summed E-state index contributed by atoms with van der Waals surface area (Å²) in [5, 5.41) is 0. The molecule has 0 bridgehead atoms. The van der Waals surface area contributed by atoms with E-state index in [-0.39, 0.29) is 0 Å². The normalized spacial score (nSPS) is 49.0. The van der Waals surface area contributed by atoms with Gasteiger partial charge in [-0.15, -0.1) is 8.58 Å². The summed E-state index contributed by atoms with van der Waals surface area (Å²) in [7, 11) is 1.28. The van der Waals surface area contributed by atoms with E-state index >= 15 is 0 Å². The van der Waals surface area contributed by atoms with Crippen LogP contribution in [0.2, 0.25) is 0 Å². The molecule has 6 heavy (non-hydrogen) atoms. The minimum Gasteiger partial charge on any atom is -0.119 e. The molecule has 1 heterocycles. The molecule has 2 unspecified atom stereocenters. The summed E-state index contributed by atoms with van der Waals surface area (Å²) in [6, 6.07) is 0. The molecule has 1 aliphatic heterocycles. The van der Waals surface area contributed by atoms with E-state index in [1.54, 1.807) is 0 Å². The lowest BCUT2D eigenvalue weighted by Gasteiger charge is -2.29. The predicted molar refractivity (Wildman–Crippen MR) is 31.8 cm³/mol. The van der Waals surface area contributed by atoms with Gasteiger partial charge in [-0.25, -0.2) is 0 Å². The Morgan fingerprint density at radius 1 is 1.50 bits per heavy atom. The summed E-state index contributed by atoms with van der Waals surface area (Å²) in [5.74, 6) is 1.04. The Morgan fingerprint density at radius 2 is 2.00 bits per heavy atom. The molecule has 0 N–H and O–H groups in total. The van der Waals surface area contributed by atoms with Crippen LogP contribution in [0, 0.1) is 5.92 Å². The highest BCUT2D eigenvalue weighted by atomic mass is 31.1. The van der Waals surface area contributed by atoms with Gasteiger partial charge in [0.1, 0.15) is 0 Å². The lowest BCUT2D eigenvalue weighted by atomic mass is 10.1. The Balaban J connectivity index is 2.20. The Morgan fingerprint density at radius 3 is 2.00 bits per heavy atom. The van der Waals surface area contributed by atoms with E-state index in [1.807, 2.05) is 0 Å². The second-order valence-electron chi connectivity index (χ2n) is 2.17. The lowest BCUT2D eigenvalue weighted by molar-refractivity contribution is 0.599. The molecule has 0 saturated carbocycles. The van der Waals surface area contributed by atoms with Crippen LogP contribution in [0.4, 0.5) is 0 Å². The number of rotatable bonds is 0. The standard InChI is InChI=1S/C5H11P/c1-4-3-6-5(4)2/h4-6H,3H2,1-2H3/t4?,5-/m0/s1. The smallest absolute Gasteiger partial charge is 0.0236 e. The van der Waals surface area contributed by atoms with Gasteiger partial charge < -0.3 is 0 Å². The van der Waals surface area contributed by atoms with E-state index in [2.05, 4.69) is 13.8 Å². The van der Waals surface area contributed by atoms with Gasteiger partial charge in [-0.2, -0.15) is 0 Å². The minimum absolute atomic E-state index is 1.04. The maximum Gasteiger partial charge on any atom is -0.0236 e. The Bertz CT molecular complexity index is 43.9. The summed E-state index contributed by atoms with van der Waals surface area (Å²) >= 11 is 0. The molecule has 1 rings (SSSR count). The first-order chi connectivity index (χ1) is 2.80. The summed E-state index contributed by atoms with van der Waals surface area (Å²) in [5.41, 5.74) is 1.06. The molecule has 0 radical (unpaired) electrons. The van der Waals surface area contributed by atoms with Crippen molar-refractivity contribution in [3.05, 3.63) is 0 Å². The van der Waals surface area contributed by atoms with Crippen LogP contribution < -0.4 is 0 Å². The maximum absolute atomic E-state index is 2.34. The zero-order chi connectivity index (χ0) is 4.57. The van der Waals surface area contributed by atoms with Gasteiger partial charge in [-0.05, 0) is 17.7 Å². The van der Waals surface area contributed by atoms with E-state index in [1.165, 1.54) is 14.7 Å². The van der Waals surface area contributed by atoms with Crippen LogP contribution in [0.25, 0.3) is 0 Å². The molecular formula is C5H11P. The molecule has 0 aromatic carbocycles. The highest BCUT2D eigenvalue weighted by Gasteiger charge is 2.20. The van der Waals surface area contributed by atoms with Crippen molar-refractivity contribution in [2.24, 2.45) is 5.92 Å². The third-order valence-electron chi connectivity index (χ3n) is 1.62. The van der Waals surface area contributed by atoms with Crippen molar-refractivity contribution in [3.8, 4) is 0 Å². The fraction of sp³-hybridized carbons (Fsp3) is 1.00. The first-order valence-corrected chi connectivity index (χ1v) is 3.82. The first-order valence-electron chi connectivity index (χ1n) is 2.54. The van der Waals surface area contributed by atoms with Gasteiger partial charge in [0, 0.05) is 0 Å². The highest BCUT2D eigenvalue weighted by Crippen LogP contribution is 2.39. The number of hydrogen-bond donors (Lipinski definition) is 0. The van der Waals surface area contributed by atoms with Crippen molar-refractivity contribution in [1.29, 1.82) is 0 Å². The van der Waals surface area contributed by atoms with Crippen LogP contribution in [0.5, 0.6) is 0 Å². The molecule has 1 heteroatoms. The fourth-order valence-corrected chi connectivity index (χ4v) is 1.77. The average Bonchev–Trinajstić information content (AvgIpc) is 1.61. The van der Waals surface area contributed by atoms with Crippen molar-refractivity contribution in [1.82, 2.24) is 0 Å². The zero-order valence-corrected chi connectivity index (χ0v) is 5.36. The molecule has 0 aliphatic carbocycles. The molecular weight excluding hydrogens is 91.0 g/mol. The second kappa shape index (κ2) is 1.50. The quantitative estimate of drug-likeness (QED) is 0.408. The van der Waals surface area contributed by atoms with Gasteiger partial charge in [-0.1, -0.05) is 13.8 Å². The molecule has 1 fully saturated rings. The van der Waals surface area contributed by atoms with E-state index < -0.39 is 0 Å². The van der Waals surface area contributed by atoms with Gasteiger partial charge in [0.2, 0.25) is 0 Å². The lowest BCUT2D eigenvalue weighted by Crippen LogP contribution is -2.21. The molecule has 1 aliphatic rings. The molecule has 36 valence electrons.